The highest BCUT2D eigenvalue weighted by atomic mass is 16.6. The Kier molecular flexibility index (Phi) is 8.57. The molecule has 196 valence electrons. The van der Waals surface area contributed by atoms with Crippen LogP contribution in [0, 0.1) is 30.3 Å². The molecule has 0 bridgehead atoms. The highest BCUT2D eigenvalue weighted by Gasteiger charge is 2.23. The maximum absolute atomic E-state index is 13.1. The van der Waals surface area contributed by atoms with Crippen molar-refractivity contribution in [3.05, 3.63) is 103 Å². The first-order chi connectivity index (χ1) is 18.0. The van der Waals surface area contributed by atoms with Gasteiger partial charge in [-0.1, -0.05) is 0 Å². The van der Waals surface area contributed by atoms with Gasteiger partial charge in [0.1, 0.15) is 0 Å². The molecule has 15 heteroatoms. The average Bonchev–Trinajstić information content (AvgIpc) is 2.90. The molecule has 0 fully saturated rings. The van der Waals surface area contributed by atoms with Gasteiger partial charge in [0.25, 0.3) is 17.1 Å². The fourth-order valence-corrected chi connectivity index (χ4v) is 3.27. The van der Waals surface area contributed by atoms with Crippen molar-refractivity contribution in [2.45, 2.75) is 18.9 Å². The van der Waals surface area contributed by atoms with E-state index in [1.165, 1.54) is 60.7 Å². The van der Waals surface area contributed by atoms with Gasteiger partial charge in [0.2, 0.25) is 5.91 Å². The lowest BCUT2D eigenvalue weighted by molar-refractivity contribution is -0.385. The number of anilines is 3. The molecule has 0 aliphatic rings. The Balaban J connectivity index is 1.67. The van der Waals surface area contributed by atoms with E-state index in [-0.39, 0.29) is 41.2 Å². The van der Waals surface area contributed by atoms with Gasteiger partial charge in [-0.15, -0.1) is 0 Å². The molecule has 1 amide bonds. The second-order valence-electron chi connectivity index (χ2n) is 7.90. The van der Waals surface area contributed by atoms with Gasteiger partial charge in [-0.05, 0) is 36.8 Å². The van der Waals surface area contributed by atoms with E-state index in [1.54, 1.807) is 0 Å². The van der Waals surface area contributed by atoms with E-state index >= 15 is 0 Å². The standard InChI is InChI=1S/C23H21N7O8/c24-20(10-12-22(31)25-14-1-5-16(6-2-14)28(33)34)23(32)19-13-18(30(37)38)9-11-21(19)27-26-15-3-7-17(8-4-15)29(35)36/h1-9,11,13,20,26-27H,10,12,24H2,(H,25,31). The second kappa shape index (κ2) is 12.0. The lowest BCUT2D eigenvalue weighted by Crippen LogP contribution is -2.32. The Hall–Kier alpha value is -5.44. The molecular formula is C23H21N7O8. The van der Waals surface area contributed by atoms with Crippen LogP contribution in [-0.4, -0.2) is 32.5 Å². The summed E-state index contributed by atoms with van der Waals surface area (Å²) in [7, 11) is 0. The predicted octanol–water partition coefficient (Wildman–Crippen LogP) is 3.78. The molecule has 15 nitrogen and oxygen atoms in total. The van der Waals surface area contributed by atoms with Crippen LogP contribution in [0.4, 0.5) is 34.1 Å². The molecule has 3 aromatic rings. The summed E-state index contributed by atoms with van der Waals surface area (Å²) in [6, 6.07) is 12.9. The summed E-state index contributed by atoms with van der Waals surface area (Å²) in [5, 5.41) is 35.3. The zero-order valence-corrected chi connectivity index (χ0v) is 19.5. The summed E-state index contributed by atoms with van der Waals surface area (Å²) >= 11 is 0. The van der Waals surface area contributed by atoms with E-state index in [2.05, 4.69) is 16.2 Å². The molecular weight excluding hydrogens is 502 g/mol. The monoisotopic (exact) mass is 523 g/mol. The number of Topliss-reactive ketones (excluding diaryl/α,β-unsaturated/α-hetero) is 1. The number of nitrogens with one attached hydrogen (secondary N) is 3. The maximum atomic E-state index is 13.1. The zero-order valence-electron chi connectivity index (χ0n) is 19.5. The molecule has 3 rings (SSSR count). The Morgan fingerprint density at radius 2 is 1.24 bits per heavy atom. The van der Waals surface area contributed by atoms with Crippen LogP contribution in [0.5, 0.6) is 0 Å². The van der Waals surface area contributed by atoms with Gasteiger partial charge in [0.05, 0.1) is 37.7 Å². The second-order valence-corrected chi connectivity index (χ2v) is 7.90. The van der Waals surface area contributed by atoms with E-state index < -0.39 is 32.5 Å². The van der Waals surface area contributed by atoms with Crippen LogP contribution in [0.3, 0.4) is 0 Å². The Morgan fingerprint density at radius 1 is 0.737 bits per heavy atom. The van der Waals surface area contributed by atoms with Gasteiger partial charge >= 0.3 is 0 Å². The van der Waals surface area contributed by atoms with Crippen molar-refractivity contribution in [2.75, 3.05) is 16.2 Å². The number of non-ortho nitro benzene ring substituents is 3. The number of nitrogens with two attached hydrogens (primary N) is 1. The Morgan fingerprint density at radius 3 is 1.76 bits per heavy atom. The van der Waals surface area contributed by atoms with Crippen molar-refractivity contribution >= 4 is 45.8 Å². The van der Waals surface area contributed by atoms with Gasteiger partial charge in [-0.2, -0.15) is 0 Å². The lowest BCUT2D eigenvalue weighted by atomic mass is 9.98. The van der Waals surface area contributed by atoms with Crippen molar-refractivity contribution < 1.29 is 24.4 Å². The summed E-state index contributed by atoms with van der Waals surface area (Å²) < 4.78 is 0. The maximum Gasteiger partial charge on any atom is 0.270 e. The summed E-state index contributed by atoms with van der Waals surface area (Å²) in [6.45, 7) is 0. The number of hydrogen-bond acceptors (Lipinski definition) is 11. The fourth-order valence-electron chi connectivity index (χ4n) is 3.27. The SMILES string of the molecule is NC(CCC(=O)Nc1ccc([N+](=O)[O-])cc1)C(=O)c1cc([N+](=O)[O-])ccc1NNc1ccc([N+](=O)[O-])cc1. The van der Waals surface area contributed by atoms with Crippen LogP contribution in [-0.2, 0) is 4.79 Å². The average molecular weight is 523 g/mol. The third-order valence-corrected chi connectivity index (χ3v) is 5.28. The van der Waals surface area contributed by atoms with Gasteiger partial charge in [0.15, 0.2) is 5.78 Å². The van der Waals surface area contributed by atoms with Crippen molar-refractivity contribution in [3.63, 3.8) is 0 Å². The lowest BCUT2D eigenvalue weighted by Gasteiger charge is -2.16. The Bertz CT molecular complexity index is 1380. The molecule has 0 aliphatic heterocycles. The number of benzene rings is 3. The number of amides is 1. The number of rotatable bonds is 12. The number of carbonyl (C=O) groups excluding carboxylic acids is 2. The third kappa shape index (κ3) is 7.05. The van der Waals surface area contributed by atoms with Crippen molar-refractivity contribution in [1.29, 1.82) is 0 Å². The topological polar surface area (TPSA) is 226 Å². The molecule has 0 spiro atoms. The van der Waals surface area contributed by atoms with Crippen LogP contribution in [0.15, 0.2) is 66.7 Å². The zero-order chi connectivity index (χ0) is 27.8. The Labute approximate surface area is 214 Å². The molecule has 0 heterocycles. The van der Waals surface area contributed by atoms with E-state index in [4.69, 9.17) is 5.73 Å². The minimum atomic E-state index is -1.18. The molecule has 0 saturated heterocycles. The van der Waals surface area contributed by atoms with Crippen LogP contribution >= 0.6 is 0 Å². The third-order valence-electron chi connectivity index (χ3n) is 5.28. The quantitative estimate of drug-likeness (QED) is 0.152. The molecule has 1 unspecified atom stereocenters. The first-order valence-electron chi connectivity index (χ1n) is 10.9. The number of nitro benzene ring substituents is 3. The van der Waals surface area contributed by atoms with Crippen molar-refractivity contribution in [1.82, 2.24) is 0 Å². The summed E-state index contributed by atoms with van der Waals surface area (Å²) in [5.74, 6) is -1.15. The molecule has 0 aliphatic carbocycles. The van der Waals surface area contributed by atoms with E-state index in [0.717, 1.165) is 6.07 Å². The van der Waals surface area contributed by atoms with Crippen molar-refractivity contribution in [3.8, 4) is 0 Å². The molecule has 0 aromatic heterocycles. The highest BCUT2D eigenvalue weighted by Crippen LogP contribution is 2.25. The first kappa shape index (κ1) is 27.2. The van der Waals surface area contributed by atoms with E-state index in [9.17, 15) is 39.9 Å². The van der Waals surface area contributed by atoms with Gasteiger partial charge in [-0.3, -0.25) is 39.9 Å². The molecule has 3 aromatic carbocycles. The number of nitro groups is 3. The molecule has 0 radical (unpaired) electrons. The largest absolute Gasteiger partial charge is 0.326 e. The normalized spacial score (nSPS) is 11.2. The number of hydrogen-bond donors (Lipinski definition) is 4. The summed E-state index contributed by atoms with van der Waals surface area (Å²) in [6.07, 6.45) is -0.252. The molecule has 38 heavy (non-hydrogen) atoms. The van der Waals surface area contributed by atoms with Crippen LogP contribution < -0.4 is 21.9 Å². The molecule has 5 N–H and O–H groups in total. The highest BCUT2D eigenvalue weighted by molar-refractivity contribution is 6.05. The summed E-state index contributed by atoms with van der Waals surface area (Å²) in [5.41, 5.74) is 11.7. The smallest absolute Gasteiger partial charge is 0.270 e. The van der Waals surface area contributed by atoms with Crippen LogP contribution in [0.25, 0.3) is 0 Å². The van der Waals surface area contributed by atoms with E-state index in [0.29, 0.717) is 11.4 Å². The van der Waals surface area contributed by atoms with Gasteiger partial charge in [-0.25, -0.2) is 0 Å². The fraction of sp³-hybridized carbons (Fsp3) is 0.130. The number of ketones is 1. The van der Waals surface area contributed by atoms with Crippen LogP contribution in [0.1, 0.15) is 23.2 Å². The van der Waals surface area contributed by atoms with Gasteiger partial charge < -0.3 is 21.9 Å². The van der Waals surface area contributed by atoms with Gasteiger partial charge in [0, 0.05) is 48.5 Å². The molecule has 1 atom stereocenters. The number of carbonyl (C=O) groups is 2. The van der Waals surface area contributed by atoms with Crippen LogP contribution in [0.2, 0.25) is 0 Å². The number of nitrogens with zero attached hydrogens (tertiary/aromatic N) is 3. The minimum Gasteiger partial charge on any atom is -0.326 e. The van der Waals surface area contributed by atoms with E-state index in [1.807, 2.05) is 0 Å². The number of hydrazine groups is 1. The van der Waals surface area contributed by atoms with Crippen molar-refractivity contribution in [2.24, 2.45) is 5.73 Å². The summed E-state index contributed by atoms with van der Waals surface area (Å²) in [4.78, 5) is 56.3. The predicted molar refractivity (Wildman–Crippen MR) is 137 cm³/mol. The first-order valence-corrected chi connectivity index (χ1v) is 10.9. The molecule has 0 saturated carbocycles. The minimum absolute atomic E-state index is 0.0877.